The van der Waals surface area contributed by atoms with E-state index in [4.69, 9.17) is 22.6 Å². The van der Waals surface area contributed by atoms with Gasteiger partial charge in [0.25, 0.3) is 0 Å². The molecule has 18 heavy (non-hydrogen) atoms. The first-order valence-electron chi connectivity index (χ1n) is 5.36. The van der Waals surface area contributed by atoms with Gasteiger partial charge in [0.1, 0.15) is 0 Å². The minimum Gasteiger partial charge on any atom is -0.398 e. The van der Waals surface area contributed by atoms with Crippen LogP contribution < -0.4 is 5.73 Å². The van der Waals surface area contributed by atoms with Crippen LogP contribution in [0, 0.1) is 11.3 Å². The summed E-state index contributed by atoms with van der Waals surface area (Å²) in [5.74, 6) is 0.779. The van der Waals surface area contributed by atoms with E-state index in [-0.39, 0.29) is 0 Å². The van der Waals surface area contributed by atoms with Gasteiger partial charge in [-0.1, -0.05) is 23.7 Å². The maximum absolute atomic E-state index is 8.83. The third kappa shape index (κ3) is 3.19. The number of nitrogen functional groups attached to an aromatic ring is 1. The van der Waals surface area contributed by atoms with Gasteiger partial charge in [0, 0.05) is 21.4 Å². The van der Waals surface area contributed by atoms with E-state index >= 15 is 0 Å². The van der Waals surface area contributed by atoms with Gasteiger partial charge in [0.15, 0.2) is 0 Å². The third-order valence-corrected chi connectivity index (χ3v) is 3.82. The van der Waals surface area contributed by atoms with E-state index in [1.807, 2.05) is 30.3 Å². The molecule has 0 unspecified atom stereocenters. The summed E-state index contributed by atoms with van der Waals surface area (Å²) in [5, 5.41) is 9.47. The summed E-state index contributed by atoms with van der Waals surface area (Å²) in [6, 6.07) is 15.2. The van der Waals surface area contributed by atoms with E-state index in [1.165, 1.54) is 0 Å². The minimum absolute atomic E-state index is 0.642. The number of rotatable bonds is 3. The number of halogens is 1. The number of hydrogen-bond donors (Lipinski definition) is 1. The Balaban J connectivity index is 2.09. The Morgan fingerprint density at radius 1 is 1.22 bits per heavy atom. The summed E-state index contributed by atoms with van der Waals surface area (Å²) in [4.78, 5) is 1.00. The van der Waals surface area contributed by atoms with Crippen molar-refractivity contribution < 1.29 is 0 Å². The maximum Gasteiger partial charge on any atom is 0.0991 e. The summed E-state index contributed by atoms with van der Waals surface area (Å²) < 4.78 is 0. The van der Waals surface area contributed by atoms with Crippen molar-refractivity contribution in [2.75, 3.05) is 5.73 Å². The molecule has 0 amide bonds. The SMILES string of the molecule is N#Cc1cccc(CSc2ccc(Cl)cc2N)c1. The number of nitriles is 1. The summed E-state index contributed by atoms with van der Waals surface area (Å²) in [6.07, 6.45) is 0. The van der Waals surface area contributed by atoms with E-state index in [1.54, 1.807) is 23.9 Å². The van der Waals surface area contributed by atoms with Crippen molar-refractivity contribution in [3.8, 4) is 6.07 Å². The van der Waals surface area contributed by atoms with E-state index in [2.05, 4.69) is 6.07 Å². The molecular formula is C14H11ClN2S. The quantitative estimate of drug-likeness (QED) is 0.677. The Morgan fingerprint density at radius 2 is 2.06 bits per heavy atom. The molecule has 90 valence electrons. The highest BCUT2D eigenvalue weighted by molar-refractivity contribution is 7.98. The molecule has 0 aromatic heterocycles. The smallest absolute Gasteiger partial charge is 0.0991 e. The number of nitrogens with zero attached hydrogens (tertiary/aromatic N) is 1. The van der Waals surface area contributed by atoms with Gasteiger partial charge in [-0.2, -0.15) is 5.26 Å². The van der Waals surface area contributed by atoms with Crippen molar-refractivity contribution in [2.45, 2.75) is 10.6 Å². The van der Waals surface area contributed by atoms with Crippen LogP contribution in [-0.4, -0.2) is 0 Å². The Morgan fingerprint density at radius 3 is 2.78 bits per heavy atom. The molecule has 0 aliphatic heterocycles. The topological polar surface area (TPSA) is 49.8 Å². The van der Waals surface area contributed by atoms with Gasteiger partial charge in [-0.15, -0.1) is 11.8 Å². The van der Waals surface area contributed by atoms with Crippen molar-refractivity contribution in [1.82, 2.24) is 0 Å². The fourth-order valence-electron chi connectivity index (χ4n) is 1.54. The molecule has 2 rings (SSSR count). The number of thioether (sulfide) groups is 1. The molecule has 0 bridgehead atoms. The van der Waals surface area contributed by atoms with Crippen LogP contribution in [0.4, 0.5) is 5.69 Å². The van der Waals surface area contributed by atoms with Gasteiger partial charge in [-0.25, -0.2) is 0 Å². The monoisotopic (exact) mass is 274 g/mol. The van der Waals surface area contributed by atoms with Gasteiger partial charge in [-0.05, 0) is 35.9 Å². The molecule has 2 N–H and O–H groups in total. The van der Waals surface area contributed by atoms with Crippen LogP contribution in [-0.2, 0) is 5.75 Å². The molecule has 0 saturated heterocycles. The van der Waals surface area contributed by atoms with Gasteiger partial charge in [-0.3, -0.25) is 0 Å². The van der Waals surface area contributed by atoms with Crippen LogP contribution in [0.15, 0.2) is 47.4 Å². The number of hydrogen-bond acceptors (Lipinski definition) is 3. The summed E-state index contributed by atoms with van der Waals surface area (Å²) in [6.45, 7) is 0. The molecule has 0 spiro atoms. The predicted molar refractivity (Wildman–Crippen MR) is 76.6 cm³/mol. The average molecular weight is 275 g/mol. The summed E-state index contributed by atoms with van der Waals surface area (Å²) >= 11 is 7.48. The molecule has 0 aliphatic carbocycles. The van der Waals surface area contributed by atoms with Crippen LogP contribution in [0.1, 0.15) is 11.1 Å². The lowest BCUT2D eigenvalue weighted by Gasteiger charge is -2.06. The number of nitrogens with two attached hydrogens (primary N) is 1. The molecule has 0 heterocycles. The van der Waals surface area contributed by atoms with Crippen molar-refractivity contribution >= 4 is 29.1 Å². The lowest BCUT2D eigenvalue weighted by atomic mass is 10.2. The van der Waals surface area contributed by atoms with Gasteiger partial charge < -0.3 is 5.73 Å². The predicted octanol–water partition coefficient (Wildman–Crippen LogP) is 4.09. The zero-order chi connectivity index (χ0) is 13.0. The largest absolute Gasteiger partial charge is 0.398 e. The second-order valence-corrected chi connectivity index (χ2v) is 5.24. The first kappa shape index (κ1) is 12.8. The van der Waals surface area contributed by atoms with Crippen molar-refractivity contribution in [1.29, 1.82) is 5.26 Å². The molecule has 0 fully saturated rings. The van der Waals surface area contributed by atoms with Crippen LogP contribution in [0.25, 0.3) is 0 Å². The Kier molecular flexibility index (Phi) is 4.14. The lowest BCUT2D eigenvalue weighted by Crippen LogP contribution is -1.89. The fraction of sp³-hybridized carbons (Fsp3) is 0.0714. The normalized spacial score (nSPS) is 10.0. The Bertz CT molecular complexity index is 605. The maximum atomic E-state index is 8.83. The third-order valence-electron chi connectivity index (χ3n) is 2.42. The fourth-order valence-corrected chi connectivity index (χ4v) is 2.61. The molecule has 2 nitrogen and oxygen atoms in total. The second-order valence-electron chi connectivity index (χ2n) is 3.78. The minimum atomic E-state index is 0.642. The molecule has 4 heteroatoms. The zero-order valence-electron chi connectivity index (χ0n) is 9.56. The van der Waals surface area contributed by atoms with Crippen molar-refractivity contribution in [3.05, 3.63) is 58.6 Å². The highest BCUT2D eigenvalue weighted by Gasteiger charge is 2.02. The van der Waals surface area contributed by atoms with Crippen LogP contribution in [0.2, 0.25) is 5.02 Å². The Hall–Kier alpha value is -1.63. The summed E-state index contributed by atoms with van der Waals surface area (Å²) in [7, 11) is 0. The van der Waals surface area contributed by atoms with E-state index in [0.717, 1.165) is 16.2 Å². The number of anilines is 1. The lowest BCUT2D eigenvalue weighted by molar-refractivity contribution is 1.36. The number of benzene rings is 2. The van der Waals surface area contributed by atoms with Crippen molar-refractivity contribution in [3.63, 3.8) is 0 Å². The molecule has 0 saturated carbocycles. The standard InChI is InChI=1S/C14H11ClN2S/c15-12-4-5-14(13(17)7-12)18-9-11-3-1-2-10(6-11)8-16/h1-7H,9,17H2. The molecule has 0 aliphatic rings. The molecule has 2 aromatic rings. The van der Waals surface area contributed by atoms with Crippen LogP contribution in [0.3, 0.4) is 0 Å². The van der Waals surface area contributed by atoms with E-state index in [0.29, 0.717) is 16.3 Å². The molecular weight excluding hydrogens is 264 g/mol. The van der Waals surface area contributed by atoms with Crippen molar-refractivity contribution in [2.24, 2.45) is 0 Å². The molecule has 0 atom stereocenters. The first-order chi connectivity index (χ1) is 8.69. The van der Waals surface area contributed by atoms with E-state index < -0.39 is 0 Å². The van der Waals surface area contributed by atoms with Crippen LogP contribution in [0.5, 0.6) is 0 Å². The highest BCUT2D eigenvalue weighted by atomic mass is 35.5. The van der Waals surface area contributed by atoms with Gasteiger partial charge >= 0.3 is 0 Å². The molecule has 2 aromatic carbocycles. The second kappa shape index (κ2) is 5.81. The van der Waals surface area contributed by atoms with Gasteiger partial charge in [0.05, 0.1) is 11.6 Å². The zero-order valence-corrected chi connectivity index (χ0v) is 11.1. The first-order valence-corrected chi connectivity index (χ1v) is 6.72. The summed E-state index contributed by atoms with van der Waals surface area (Å²) in [5.41, 5.74) is 8.35. The van der Waals surface area contributed by atoms with Gasteiger partial charge in [0.2, 0.25) is 0 Å². The van der Waals surface area contributed by atoms with E-state index in [9.17, 15) is 0 Å². The highest BCUT2D eigenvalue weighted by Crippen LogP contribution is 2.30. The average Bonchev–Trinajstić information content (AvgIpc) is 2.38. The van der Waals surface area contributed by atoms with Crippen LogP contribution >= 0.6 is 23.4 Å². The molecule has 0 radical (unpaired) electrons. The Labute approximate surface area is 115 Å².